The van der Waals surface area contributed by atoms with Gasteiger partial charge in [0.1, 0.15) is 5.82 Å². The first-order valence-electron chi connectivity index (χ1n) is 9.04. The second-order valence-corrected chi connectivity index (χ2v) is 6.47. The van der Waals surface area contributed by atoms with Gasteiger partial charge in [-0.15, -0.1) is 0 Å². The number of aryl methyl sites for hydroxylation is 1. The molecule has 0 fully saturated rings. The first kappa shape index (κ1) is 22.0. The van der Waals surface area contributed by atoms with E-state index in [-0.39, 0.29) is 28.6 Å². The van der Waals surface area contributed by atoms with Gasteiger partial charge in [-0.25, -0.2) is 4.68 Å². The van der Waals surface area contributed by atoms with Crippen molar-refractivity contribution in [1.82, 2.24) is 9.78 Å². The largest absolute Gasteiger partial charge is 0.493 e. The number of nitrogens with one attached hydrogen (secondary N) is 1. The number of methoxy groups -OCH3 is 3. The van der Waals surface area contributed by atoms with Gasteiger partial charge in [0.05, 0.1) is 38.3 Å². The highest BCUT2D eigenvalue weighted by atomic mass is 19.4. The molecule has 7 nitrogen and oxygen atoms in total. The Balaban J connectivity index is 2.02. The lowest BCUT2D eigenvalue weighted by Crippen LogP contribution is -2.17. The Labute approximate surface area is 176 Å². The van der Waals surface area contributed by atoms with Gasteiger partial charge in [-0.2, -0.15) is 18.3 Å². The first-order chi connectivity index (χ1) is 14.7. The van der Waals surface area contributed by atoms with Gasteiger partial charge in [-0.1, -0.05) is 12.1 Å². The molecule has 1 aromatic heterocycles. The predicted octanol–water partition coefficient (Wildman–Crippen LogP) is 4.48. The lowest BCUT2D eigenvalue weighted by atomic mass is 10.1. The Bertz CT molecular complexity index is 1080. The van der Waals surface area contributed by atoms with Crippen LogP contribution in [0.4, 0.5) is 19.0 Å². The Morgan fingerprint density at radius 3 is 2.16 bits per heavy atom. The number of nitrogens with zero attached hydrogens (tertiary/aromatic N) is 2. The predicted molar refractivity (Wildman–Crippen MR) is 107 cm³/mol. The number of carbonyl (C=O) groups excluding carboxylic acids is 1. The molecule has 31 heavy (non-hydrogen) atoms. The second kappa shape index (κ2) is 8.58. The third-order valence-corrected chi connectivity index (χ3v) is 4.44. The number of ether oxygens (including phenoxy) is 3. The minimum Gasteiger partial charge on any atom is -0.493 e. The number of alkyl halides is 3. The first-order valence-corrected chi connectivity index (χ1v) is 9.04. The molecular weight excluding hydrogens is 415 g/mol. The van der Waals surface area contributed by atoms with E-state index in [0.29, 0.717) is 11.4 Å². The van der Waals surface area contributed by atoms with Crippen molar-refractivity contribution in [3.05, 3.63) is 59.3 Å². The Kier molecular flexibility index (Phi) is 6.09. The van der Waals surface area contributed by atoms with Crippen LogP contribution in [0.15, 0.2) is 42.5 Å². The van der Waals surface area contributed by atoms with E-state index < -0.39 is 17.6 Å². The molecule has 3 aromatic rings. The van der Waals surface area contributed by atoms with Gasteiger partial charge in [-0.05, 0) is 31.2 Å². The maximum Gasteiger partial charge on any atom is 0.418 e. The fourth-order valence-corrected chi connectivity index (χ4v) is 3.07. The smallest absolute Gasteiger partial charge is 0.418 e. The Morgan fingerprint density at radius 1 is 1.00 bits per heavy atom. The number of benzene rings is 2. The van der Waals surface area contributed by atoms with Crippen molar-refractivity contribution in [2.45, 2.75) is 13.1 Å². The molecular formula is C21H20F3N3O4. The van der Waals surface area contributed by atoms with Gasteiger partial charge in [-0.3, -0.25) is 4.79 Å². The monoisotopic (exact) mass is 435 g/mol. The van der Waals surface area contributed by atoms with E-state index in [1.165, 1.54) is 57.7 Å². The van der Waals surface area contributed by atoms with Crippen LogP contribution in [-0.2, 0) is 6.18 Å². The SMILES string of the molecule is COc1cc(C(=O)Nc2cc(C)nn2-c2ccccc2C(F)(F)F)cc(OC)c1OC. The van der Waals surface area contributed by atoms with Crippen molar-refractivity contribution in [3.8, 4) is 22.9 Å². The quantitative estimate of drug-likeness (QED) is 0.618. The zero-order valence-corrected chi connectivity index (χ0v) is 17.2. The summed E-state index contributed by atoms with van der Waals surface area (Å²) in [5.41, 5.74) is -0.495. The van der Waals surface area contributed by atoms with Gasteiger partial charge in [0.15, 0.2) is 11.5 Å². The van der Waals surface area contributed by atoms with Gasteiger partial charge in [0.25, 0.3) is 5.91 Å². The van der Waals surface area contributed by atoms with Crippen LogP contribution in [0, 0.1) is 6.92 Å². The highest BCUT2D eigenvalue weighted by Crippen LogP contribution is 2.39. The minimum absolute atomic E-state index is 0.0768. The maximum absolute atomic E-state index is 13.5. The van der Waals surface area contributed by atoms with Crippen molar-refractivity contribution in [2.75, 3.05) is 26.6 Å². The lowest BCUT2D eigenvalue weighted by Gasteiger charge is -2.16. The van der Waals surface area contributed by atoms with Crippen LogP contribution in [0.3, 0.4) is 0 Å². The standard InChI is InChI=1S/C21H20F3N3O4/c1-12-9-18(27(26-12)15-8-6-5-7-14(15)21(22,23)24)25-20(28)13-10-16(29-2)19(31-4)17(11-13)30-3/h5-11H,1-4H3,(H,25,28). The highest BCUT2D eigenvalue weighted by molar-refractivity contribution is 6.04. The number of hydrogen-bond acceptors (Lipinski definition) is 5. The number of carbonyl (C=O) groups is 1. The molecule has 0 saturated carbocycles. The van der Waals surface area contributed by atoms with Gasteiger partial charge in [0, 0.05) is 11.6 Å². The highest BCUT2D eigenvalue weighted by Gasteiger charge is 2.34. The Morgan fingerprint density at radius 2 is 1.61 bits per heavy atom. The minimum atomic E-state index is -4.59. The van der Waals surface area contributed by atoms with E-state index in [1.54, 1.807) is 6.92 Å². The summed E-state index contributed by atoms with van der Waals surface area (Å²) in [5, 5.41) is 6.74. The molecule has 1 N–H and O–H groups in total. The van der Waals surface area contributed by atoms with Crippen LogP contribution >= 0.6 is 0 Å². The zero-order valence-electron chi connectivity index (χ0n) is 17.2. The molecule has 10 heteroatoms. The molecule has 1 amide bonds. The number of hydrogen-bond donors (Lipinski definition) is 1. The molecule has 0 saturated heterocycles. The zero-order chi connectivity index (χ0) is 22.8. The number of para-hydroxylation sites is 1. The van der Waals surface area contributed by atoms with E-state index in [0.717, 1.165) is 10.7 Å². The normalized spacial score (nSPS) is 11.2. The van der Waals surface area contributed by atoms with Crippen molar-refractivity contribution in [3.63, 3.8) is 0 Å². The molecule has 0 unspecified atom stereocenters. The van der Waals surface area contributed by atoms with Crippen LogP contribution < -0.4 is 19.5 Å². The fraction of sp³-hybridized carbons (Fsp3) is 0.238. The van der Waals surface area contributed by atoms with E-state index >= 15 is 0 Å². The molecule has 0 spiro atoms. The third-order valence-electron chi connectivity index (χ3n) is 4.44. The number of amides is 1. The van der Waals surface area contributed by atoms with Gasteiger partial charge in [0.2, 0.25) is 5.75 Å². The summed E-state index contributed by atoms with van der Waals surface area (Å²) in [7, 11) is 4.25. The third kappa shape index (κ3) is 4.42. The topological polar surface area (TPSA) is 74.6 Å². The summed E-state index contributed by atoms with van der Waals surface area (Å²) in [6, 6.07) is 9.34. The molecule has 0 bridgehead atoms. The molecule has 1 heterocycles. The van der Waals surface area contributed by atoms with Crippen LogP contribution in [0.2, 0.25) is 0 Å². The van der Waals surface area contributed by atoms with Crippen LogP contribution in [0.1, 0.15) is 21.6 Å². The summed E-state index contributed by atoms with van der Waals surface area (Å²) in [4.78, 5) is 12.9. The molecule has 0 radical (unpaired) electrons. The molecule has 0 aliphatic carbocycles. The number of rotatable bonds is 6. The van der Waals surface area contributed by atoms with Crippen LogP contribution in [-0.4, -0.2) is 37.0 Å². The summed E-state index contributed by atoms with van der Waals surface area (Å²) >= 11 is 0. The summed E-state index contributed by atoms with van der Waals surface area (Å²) in [6.45, 7) is 1.61. The van der Waals surface area contributed by atoms with E-state index in [1.807, 2.05) is 0 Å². The average Bonchev–Trinajstić information content (AvgIpc) is 3.11. The molecule has 164 valence electrons. The van der Waals surface area contributed by atoms with Crippen molar-refractivity contribution >= 4 is 11.7 Å². The van der Waals surface area contributed by atoms with Crippen LogP contribution in [0.5, 0.6) is 17.2 Å². The van der Waals surface area contributed by atoms with E-state index in [9.17, 15) is 18.0 Å². The fourth-order valence-electron chi connectivity index (χ4n) is 3.07. The maximum atomic E-state index is 13.5. The lowest BCUT2D eigenvalue weighted by molar-refractivity contribution is -0.137. The van der Waals surface area contributed by atoms with Gasteiger partial charge >= 0.3 is 6.18 Å². The number of aromatic nitrogens is 2. The number of halogens is 3. The molecule has 2 aromatic carbocycles. The van der Waals surface area contributed by atoms with E-state index in [2.05, 4.69) is 10.4 Å². The Hall–Kier alpha value is -3.69. The van der Waals surface area contributed by atoms with Crippen molar-refractivity contribution in [2.24, 2.45) is 0 Å². The molecule has 0 aliphatic rings. The number of anilines is 1. The van der Waals surface area contributed by atoms with Crippen LogP contribution in [0.25, 0.3) is 5.69 Å². The van der Waals surface area contributed by atoms with Gasteiger partial charge < -0.3 is 19.5 Å². The molecule has 3 rings (SSSR count). The molecule has 0 atom stereocenters. The van der Waals surface area contributed by atoms with Crippen molar-refractivity contribution in [1.29, 1.82) is 0 Å². The van der Waals surface area contributed by atoms with E-state index in [4.69, 9.17) is 14.2 Å². The summed E-state index contributed by atoms with van der Waals surface area (Å²) in [5.74, 6) is 0.317. The summed E-state index contributed by atoms with van der Waals surface area (Å²) < 4.78 is 57.2. The second-order valence-electron chi connectivity index (χ2n) is 6.47. The van der Waals surface area contributed by atoms with Crippen molar-refractivity contribution < 1.29 is 32.2 Å². The summed E-state index contributed by atoms with van der Waals surface area (Å²) in [6.07, 6.45) is -4.59. The average molecular weight is 435 g/mol. The molecule has 0 aliphatic heterocycles.